The van der Waals surface area contributed by atoms with E-state index in [9.17, 15) is 14.9 Å². The molecular formula is C16H18N4O3S. The van der Waals surface area contributed by atoms with E-state index < -0.39 is 4.92 Å². The Labute approximate surface area is 143 Å². The number of carbonyl (C=O) groups is 1. The fourth-order valence-corrected chi connectivity index (χ4v) is 3.59. The molecule has 3 heterocycles. The molecule has 0 aliphatic carbocycles. The molecule has 0 bridgehead atoms. The molecule has 2 aromatic heterocycles. The summed E-state index contributed by atoms with van der Waals surface area (Å²) < 4.78 is 0. The molecule has 8 heteroatoms. The molecular weight excluding hydrogens is 328 g/mol. The highest BCUT2D eigenvalue weighted by atomic mass is 32.1. The third-order valence-corrected chi connectivity index (χ3v) is 5.06. The molecule has 1 aliphatic rings. The zero-order chi connectivity index (χ0) is 17.1. The van der Waals surface area contributed by atoms with Gasteiger partial charge in [-0.15, -0.1) is 11.3 Å². The minimum Gasteiger partial charge on any atom is -0.351 e. The lowest BCUT2D eigenvalue weighted by atomic mass is 10.0. The van der Waals surface area contributed by atoms with Crippen molar-refractivity contribution in [2.24, 2.45) is 0 Å². The number of aryl methyl sites for hydroxylation is 1. The van der Waals surface area contributed by atoms with Crippen LogP contribution in [0.4, 0.5) is 11.5 Å². The lowest BCUT2D eigenvalue weighted by Crippen LogP contribution is -2.45. The number of hydrogen-bond acceptors (Lipinski definition) is 6. The number of piperidine rings is 1. The monoisotopic (exact) mass is 346 g/mol. The molecule has 3 rings (SSSR count). The second-order valence-electron chi connectivity index (χ2n) is 5.75. The molecule has 1 fully saturated rings. The van der Waals surface area contributed by atoms with Crippen molar-refractivity contribution in [1.82, 2.24) is 10.3 Å². The zero-order valence-corrected chi connectivity index (χ0v) is 14.1. The molecule has 2 aromatic rings. The molecule has 7 nitrogen and oxygen atoms in total. The van der Waals surface area contributed by atoms with E-state index in [1.807, 2.05) is 24.0 Å². The van der Waals surface area contributed by atoms with E-state index in [1.54, 1.807) is 12.3 Å². The van der Waals surface area contributed by atoms with Gasteiger partial charge in [0.1, 0.15) is 0 Å². The number of amides is 1. The van der Waals surface area contributed by atoms with E-state index in [1.165, 1.54) is 17.4 Å². The summed E-state index contributed by atoms with van der Waals surface area (Å²) >= 11 is 1.48. The normalized spacial score (nSPS) is 15.3. The van der Waals surface area contributed by atoms with Gasteiger partial charge < -0.3 is 10.2 Å². The van der Waals surface area contributed by atoms with Crippen molar-refractivity contribution in [3.05, 3.63) is 50.3 Å². The summed E-state index contributed by atoms with van der Waals surface area (Å²) in [4.78, 5) is 30.8. The fourth-order valence-electron chi connectivity index (χ4n) is 2.82. The standard InChI is InChI=1S/C16H18N4O3S/c1-11-4-5-14(24-11)16(21)18-12-6-9-19(10-7-12)15-13(20(22)23)3-2-8-17-15/h2-5,8,12H,6-7,9-10H2,1H3,(H,18,21). The maximum Gasteiger partial charge on any atom is 0.311 e. The summed E-state index contributed by atoms with van der Waals surface area (Å²) in [6.45, 7) is 3.23. The summed E-state index contributed by atoms with van der Waals surface area (Å²) in [6, 6.07) is 6.88. The van der Waals surface area contributed by atoms with E-state index in [0.29, 0.717) is 18.9 Å². The Kier molecular flexibility index (Phi) is 4.75. The highest BCUT2D eigenvalue weighted by Crippen LogP contribution is 2.27. The molecule has 24 heavy (non-hydrogen) atoms. The van der Waals surface area contributed by atoms with Crippen molar-refractivity contribution in [2.45, 2.75) is 25.8 Å². The first-order chi connectivity index (χ1) is 11.5. The Hall–Kier alpha value is -2.48. The predicted octanol–water partition coefficient (Wildman–Crippen LogP) is 2.76. The van der Waals surface area contributed by atoms with E-state index >= 15 is 0 Å². The van der Waals surface area contributed by atoms with Crippen molar-refractivity contribution in [2.75, 3.05) is 18.0 Å². The minimum absolute atomic E-state index is 0.0223. The molecule has 0 atom stereocenters. The Morgan fingerprint density at radius 1 is 1.38 bits per heavy atom. The number of anilines is 1. The number of aromatic nitrogens is 1. The third-order valence-electron chi connectivity index (χ3n) is 4.06. The van der Waals surface area contributed by atoms with Gasteiger partial charge in [-0.05, 0) is 38.0 Å². The highest BCUT2D eigenvalue weighted by Gasteiger charge is 2.26. The molecule has 0 unspecified atom stereocenters. The average molecular weight is 346 g/mol. The second kappa shape index (κ2) is 6.96. The summed E-state index contributed by atoms with van der Waals surface area (Å²) in [5, 5.41) is 14.2. The van der Waals surface area contributed by atoms with E-state index in [4.69, 9.17) is 0 Å². The number of pyridine rings is 1. The van der Waals surface area contributed by atoms with Crippen molar-refractivity contribution in [3.63, 3.8) is 0 Å². The van der Waals surface area contributed by atoms with Crippen LogP contribution in [0, 0.1) is 17.0 Å². The van der Waals surface area contributed by atoms with Crippen LogP contribution in [0.2, 0.25) is 0 Å². The lowest BCUT2D eigenvalue weighted by Gasteiger charge is -2.32. The van der Waals surface area contributed by atoms with E-state index in [0.717, 1.165) is 22.6 Å². The number of nitrogens with zero attached hydrogens (tertiary/aromatic N) is 3. The van der Waals surface area contributed by atoms with Gasteiger partial charge in [0.05, 0.1) is 9.80 Å². The molecule has 1 amide bonds. The Balaban J connectivity index is 1.60. The topological polar surface area (TPSA) is 88.4 Å². The van der Waals surface area contributed by atoms with Crippen LogP contribution in [0.3, 0.4) is 0 Å². The van der Waals surface area contributed by atoms with Crippen LogP contribution in [0.25, 0.3) is 0 Å². The number of nitrogens with one attached hydrogen (secondary N) is 1. The molecule has 126 valence electrons. The summed E-state index contributed by atoms with van der Waals surface area (Å²) in [7, 11) is 0. The maximum atomic E-state index is 12.2. The number of hydrogen-bond donors (Lipinski definition) is 1. The van der Waals surface area contributed by atoms with Crippen molar-refractivity contribution >= 4 is 28.7 Å². The lowest BCUT2D eigenvalue weighted by molar-refractivity contribution is -0.384. The maximum absolute atomic E-state index is 12.2. The zero-order valence-electron chi connectivity index (χ0n) is 13.3. The largest absolute Gasteiger partial charge is 0.351 e. The molecule has 0 saturated carbocycles. The smallest absolute Gasteiger partial charge is 0.311 e. The van der Waals surface area contributed by atoms with Crippen LogP contribution in [0.15, 0.2) is 30.5 Å². The van der Waals surface area contributed by atoms with Gasteiger partial charge in [-0.25, -0.2) is 4.98 Å². The quantitative estimate of drug-likeness (QED) is 0.679. The number of carbonyl (C=O) groups excluding carboxylic acids is 1. The molecule has 0 radical (unpaired) electrons. The van der Waals surface area contributed by atoms with Gasteiger partial charge in [-0.3, -0.25) is 14.9 Å². The average Bonchev–Trinajstić information content (AvgIpc) is 3.02. The molecule has 0 aromatic carbocycles. The molecule has 1 saturated heterocycles. The Bertz CT molecular complexity index is 753. The van der Waals surface area contributed by atoms with Gasteiger partial charge in [0, 0.05) is 36.3 Å². The van der Waals surface area contributed by atoms with Crippen molar-refractivity contribution in [1.29, 1.82) is 0 Å². The van der Waals surface area contributed by atoms with Gasteiger partial charge >= 0.3 is 5.69 Å². The van der Waals surface area contributed by atoms with Crippen molar-refractivity contribution in [3.8, 4) is 0 Å². The minimum atomic E-state index is -0.407. The summed E-state index contributed by atoms with van der Waals surface area (Å²) in [6.07, 6.45) is 3.04. The summed E-state index contributed by atoms with van der Waals surface area (Å²) in [5.41, 5.74) is 0.0223. The van der Waals surface area contributed by atoms with Crippen LogP contribution in [-0.2, 0) is 0 Å². The van der Waals surface area contributed by atoms with Crippen LogP contribution in [-0.4, -0.2) is 34.9 Å². The first-order valence-electron chi connectivity index (χ1n) is 7.76. The Morgan fingerprint density at radius 2 is 2.12 bits per heavy atom. The first kappa shape index (κ1) is 16.4. The molecule has 1 N–H and O–H groups in total. The predicted molar refractivity (Wildman–Crippen MR) is 92.6 cm³/mol. The van der Waals surface area contributed by atoms with Crippen LogP contribution in [0.5, 0.6) is 0 Å². The number of thiophene rings is 1. The van der Waals surface area contributed by atoms with Gasteiger partial charge in [-0.1, -0.05) is 0 Å². The SMILES string of the molecule is Cc1ccc(C(=O)NC2CCN(c3ncccc3[N+](=O)[O-])CC2)s1. The van der Waals surface area contributed by atoms with Gasteiger partial charge in [0.25, 0.3) is 5.91 Å². The second-order valence-corrected chi connectivity index (χ2v) is 7.04. The third kappa shape index (κ3) is 3.53. The highest BCUT2D eigenvalue weighted by molar-refractivity contribution is 7.13. The molecule has 0 spiro atoms. The fraction of sp³-hybridized carbons (Fsp3) is 0.375. The Morgan fingerprint density at radius 3 is 2.75 bits per heavy atom. The summed E-state index contributed by atoms with van der Waals surface area (Å²) in [5.74, 6) is 0.358. The van der Waals surface area contributed by atoms with Crippen LogP contribution < -0.4 is 10.2 Å². The molecule has 1 aliphatic heterocycles. The van der Waals surface area contributed by atoms with E-state index in [-0.39, 0.29) is 17.6 Å². The van der Waals surface area contributed by atoms with Gasteiger partial charge in [0.15, 0.2) is 0 Å². The van der Waals surface area contributed by atoms with Crippen molar-refractivity contribution < 1.29 is 9.72 Å². The van der Waals surface area contributed by atoms with Crippen LogP contribution >= 0.6 is 11.3 Å². The van der Waals surface area contributed by atoms with Crippen LogP contribution in [0.1, 0.15) is 27.4 Å². The number of rotatable bonds is 4. The number of nitro groups is 1. The van der Waals surface area contributed by atoms with Gasteiger partial charge in [-0.2, -0.15) is 0 Å². The van der Waals surface area contributed by atoms with Gasteiger partial charge in [0.2, 0.25) is 5.82 Å². The first-order valence-corrected chi connectivity index (χ1v) is 8.58. The van der Waals surface area contributed by atoms with E-state index in [2.05, 4.69) is 10.3 Å².